The molecule has 2 atom stereocenters. The van der Waals surface area contributed by atoms with Crippen LogP contribution in [-0.2, 0) is 14.3 Å². The molecule has 0 saturated carbocycles. The first-order valence-electron chi connectivity index (χ1n) is 13.7. The lowest BCUT2D eigenvalue weighted by molar-refractivity contribution is -0.150. The third kappa shape index (κ3) is 9.67. The van der Waals surface area contributed by atoms with Crippen LogP contribution in [0.1, 0.15) is 111 Å². The number of hydrogen-bond acceptors (Lipinski definition) is 4. The lowest BCUT2D eigenvalue weighted by Gasteiger charge is -2.45. The van der Waals surface area contributed by atoms with E-state index in [2.05, 4.69) is 17.6 Å². The maximum Gasteiger partial charge on any atom is 0.408 e. The molecule has 0 heterocycles. The summed E-state index contributed by atoms with van der Waals surface area (Å²) in [7, 11) is 0. The van der Waals surface area contributed by atoms with Gasteiger partial charge in [0.05, 0.1) is 0 Å². The Morgan fingerprint density at radius 2 is 1.62 bits per heavy atom. The van der Waals surface area contributed by atoms with Gasteiger partial charge in [0.15, 0.2) is 0 Å². The zero-order valence-electron chi connectivity index (χ0n) is 25.1. The largest absolute Gasteiger partial charge is 0.444 e. The van der Waals surface area contributed by atoms with Crippen LogP contribution in [0.15, 0.2) is 18.2 Å². The summed E-state index contributed by atoms with van der Waals surface area (Å²) in [6.07, 6.45) is 2.92. The molecule has 37 heavy (non-hydrogen) atoms. The zero-order chi connectivity index (χ0) is 28.6. The summed E-state index contributed by atoms with van der Waals surface area (Å²) >= 11 is 0. The minimum absolute atomic E-state index is 0.210. The van der Waals surface area contributed by atoms with E-state index in [0.717, 1.165) is 36.0 Å². The third-order valence-corrected chi connectivity index (χ3v) is 6.67. The van der Waals surface area contributed by atoms with Gasteiger partial charge < -0.3 is 20.3 Å². The summed E-state index contributed by atoms with van der Waals surface area (Å²) in [5.41, 5.74) is 1.45. The van der Waals surface area contributed by atoms with Gasteiger partial charge in [0.2, 0.25) is 11.8 Å². The highest BCUT2D eigenvalue weighted by molar-refractivity contribution is 5.93. The topological polar surface area (TPSA) is 87.7 Å². The standard InChI is InChI=1S/C30H51N3O4/c1-12-14-15-18-31-26(34)25(23-17-16-21(5)19-22(23)6)33(30(10,11)13-2)27(35)24(20(3)4)32-28(36)37-29(7,8)9/h16-17,19-20,24-25H,12-15,18H2,1-11H3,(H,31,34)(H,32,36). The van der Waals surface area contributed by atoms with E-state index in [0.29, 0.717) is 13.0 Å². The number of carbonyl (C=O) groups is 3. The van der Waals surface area contributed by atoms with Gasteiger partial charge in [-0.15, -0.1) is 0 Å². The Morgan fingerprint density at radius 3 is 2.11 bits per heavy atom. The molecule has 1 aromatic carbocycles. The normalized spacial score (nSPS) is 13.6. The minimum Gasteiger partial charge on any atom is -0.444 e. The van der Waals surface area contributed by atoms with E-state index in [-0.39, 0.29) is 17.7 Å². The van der Waals surface area contributed by atoms with Gasteiger partial charge in [0.1, 0.15) is 17.7 Å². The van der Waals surface area contributed by atoms with Crippen LogP contribution >= 0.6 is 0 Å². The molecule has 3 amide bonds. The van der Waals surface area contributed by atoms with Crippen LogP contribution in [0.2, 0.25) is 0 Å². The zero-order valence-corrected chi connectivity index (χ0v) is 25.1. The first kappa shape index (κ1) is 32.5. The second kappa shape index (κ2) is 13.8. The Kier molecular flexibility index (Phi) is 12.1. The van der Waals surface area contributed by atoms with Crippen molar-refractivity contribution in [3.8, 4) is 0 Å². The fourth-order valence-corrected chi connectivity index (χ4v) is 4.26. The van der Waals surface area contributed by atoms with Crippen LogP contribution < -0.4 is 10.6 Å². The van der Waals surface area contributed by atoms with E-state index in [4.69, 9.17) is 4.74 Å². The summed E-state index contributed by atoms with van der Waals surface area (Å²) in [6.45, 7) is 21.7. The number of carbonyl (C=O) groups excluding carboxylic acids is 3. The van der Waals surface area contributed by atoms with Crippen molar-refractivity contribution >= 4 is 17.9 Å². The number of benzene rings is 1. The summed E-state index contributed by atoms with van der Waals surface area (Å²) < 4.78 is 5.46. The quantitative estimate of drug-likeness (QED) is 0.322. The average Bonchev–Trinajstić information content (AvgIpc) is 2.77. The molecule has 0 radical (unpaired) electrons. The van der Waals surface area contributed by atoms with Gasteiger partial charge in [-0.1, -0.05) is 64.3 Å². The number of unbranched alkanes of at least 4 members (excludes halogenated alkanes) is 2. The Balaban J connectivity index is 3.61. The van der Waals surface area contributed by atoms with Crippen LogP contribution in [-0.4, -0.2) is 46.5 Å². The van der Waals surface area contributed by atoms with Gasteiger partial charge in [-0.3, -0.25) is 9.59 Å². The van der Waals surface area contributed by atoms with Crippen LogP contribution in [0, 0.1) is 19.8 Å². The number of rotatable bonds is 12. The van der Waals surface area contributed by atoms with Gasteiger partial charge >= 0.3 is 6.09 Å². The highest BCUT2D eigenvalue weighted by Crippen LogP contribution is 2.34. The lowest BCUT2D eigenvalue weighted by atomic mass is 9.88. The van der Waals surface area contributed by atoms with Crippen LogP contribution in [0.5, 0.6) is 0 Å². The summed E-state index contributed by atoms with van der Waals surface area (Å²) in [4.78, 5) is 42.6. The number of nitrogens with zero attached hydrogens (tertiary/aromatic N) is 1. The van der Waals surface area contributed by atoms with Gasteiger partial charge in [0, 0.05) is 12.1 Å². The number of hydrogen-bond donors (Lipinski definition) is 2. The molecule has 0 aliphatic carbocycles. The molecule has 7 nitrogen and oxygen atoms in total. The molecule has 1 aromatic rings. The van der Waals surface area contributed by atoms with Crippen molar-refractivity contribution in [3.05, 3.63) is 34.9 Å². The smallest absolute Gasteiger partial charge is 0.408 e. The van der Waals surface area contributed by atoms with Crippen molar-refractivity contribution in [2.75, 3.05) is 6.54 Å². The maximum atomic E-state index is 14.3. The molecule has 0 aromatic heterocycles. The van der Waals surface area contributed by atoms with E-state index in [1.54, 1.807) is 25.7 Å². The number of ether oxygens (including phenoxy) is 1. The van der Waals surface area contributed by atoms with Crippen molar-refractivity contribution in [1.82, 2.24) is 15.5 Å². The van der Waals surface area contributed by atoms with Gasteiger partial charge in [-0.2, -0.15) is 0 Å². The number of nitrogens with one attached hydrogen (secondary N) is 2. The van der Waals surface area contributed by atoms with E-state index in [1.807, 2.05) is 66.7 Å². The van der Waals surface area contributed by atoms with E-state index in [1.165, 1.54) is 0 Å². The maximum absolute atomic E-state index is 14.3. The monoisotopic (exact) mass is 517 g/mol. The second-order valence-electron chi connectivity index (χ2n) is 12.0. The number of aryl methyl sites for hydroxylation is 2. The predicted molar refractivity (Wildman–Crippen MR) is 150 cm³/mol. The fraction of sp³-hybridized carbons (Fsp3) is 0.700. The first-order valence-corrected chi connectivity index (χ1v) is 13.7. The SMILES string of the molecule is CCCCCNC(=O)C(c1ccc(C)cc1C)N(C(=O)C(NC(=O)OC(C)(C)C)C(C)C)C(C)(C)CC. The Hall–Kier alpha value is -2.57. The molecule has 1 rings (SSSR count). The second-order valence-corrected chi connectivity index (χ2v) is 12.0. The molecular formula is C30H51N3O4. The van der Waals surface area contributed by atoms with Crippen LogP contribution in [0.4, 0.5) is 4.79 Å². The van der Waals surface area contributed by atoms with E-state index >= 15 is 0 Å². The first-order chi connectivity index (χ1) is 17.1. The van der Waals surface area contributed by atoms with Crippen molar-refractivity contribution < 1.29 is 19.1 Å². The molecule has 210 valence electrons. The van der Waals surface area contributed by atoms with Crippen molar-refractivity contribution in [2.24, 2.45) is 5.92 Å². The highest BCUT2D eigenvalue weighted by Gasteiger charge is 2.44. The Morgan fingerprint density at radius 1 is 1.00 bits per heavy atom. The van der Waals surface area contributed by atoms with Crippen LogP contribution in [0.25, 0.3) is 0 Å². The molecule has 2 N–H and O–H groups in total. The molecule has 2 unspecified atom stereocenters. The van der Waals surface area contributed by atoms with Crippen molar-refractivity contribution in [1.29, 1.82) is 0 Å². The van der Waals surface area contributed by atoms with E-state index in [9.17, 15) is 14.4 Å². The minimum atomic E-state index is -0.859. The Bertz CT molecular complexity index is 918. The molecule has 0 spiro atoms. The molecule has 0 saturated heterocycles. The third-order valence-electron chi connectivity index (χ3n) is 6.67. The highest BCUT2D eigenvalue weighted by atomic mass is 16.6. The number of alkyl carbamates (subject to hydrolysis) is 1. The molecule has 0 aliphatic rings. The summed E-state index contributed by atoms with van der Waals surface area (Å²) in [6, 6.07) is 4.25. The molecular weight excluding hydrogens is 466 g/mol. The molecule has 7 heteroatoms. The number of amides is 3. The average molecular weight is 518 g/mol. The van der Waals surface area contributed by atoms with Crippen molar-refractivity contribution in [3.63, 3.8) is 0 Å². The molecule has 0 fully saturated rings. The van der Waals surface area contributed by atoms with Gasteiger partial charge in [0.25, 0.3) is 0 Å². The van der Waals surface area contributed by atoms with Gasteiger partial charge in [-0.25, -0.2) is 4.79 Å². The lowest BCUT2D eigenvalue weighted by Crippen LogP contribution is -2.60. The fourth-order valence-electron chi connectivity index (χ4n) is 4.26. The summed E-state index contributed by atoms with van der Waals surface area (Å²) in [5, 5.41) is 5.88. The van der Waals surface area contributed by atoms with E-state index < -0.39 is 29.3 Å². The Labute approximate surface area is 225 Å². The molecule has 0 bridgehead atoms. The van der Waals surface area contributed by atoms with Gasteiger partial charge in [-0.05, 0) is 78.4 Å². The summed E-state index contributed by atoms with van der Waals surface area (Å²) in [5.74, 6) is -0.735. The molecule has 0 aliphatic heterocycles. The van der Waals surface area contributed by atoms with Crippen LogP contribution in [0.3, 0.4) is 0 Å². The van der Waals surface area contributed by atoms with Crippen molar-refractivity contribution in [2.45, 2.75) is 125 Å². The predicted octanol–water partition coefficient (Wildman–Crippen LogP) is 6.22.